The molecule has 0 fully saturated rings. The Labute approximate surface area is 146 Å². The van der Waals surface area contributed by atoms with Gasteiger partial charge in [0.05, 0.1) is 11.8 Å². The molecule has 0 radical (unpaired) electrons. The van der Waals surface area contributed by atoms with Gasteiger partial charge < -0.3 is 10.6 Å². The molecule has 1 aliphatic carbocycles. The summed E-state index contributed by atoms with van der Waals surface area (Å²) >= 11 is 1.64. The van der Waals surface area contributed by atoms with Crippen LogP contribution < -0.4 is 5.73 Å². The van der Waals surface area contributed by atoms with Gasteiger partial charge in [0, 0.05) is 29.6 Å². The Bertz CT molecular complexity index is 684. The van der Waals surface area contributed by atoms with E-state index in [1.807, 2.05) is 12.1 Å². The van der Waals surface area contributed by atoms with Crippen molar-refractivity contribution >= 4 is 23.1 Å². The molecule has 0 saturated carbocycles. The van der Waals surface area contributed by atoms with Crippen molar-refractivity contribution in [3.63, 3.8) is 0 Å². The molecular formula is C18H22N4OS. The highest BCUT2D eigenvalue weighted by Gasteiger charge is 2.35. The van der Waals surface area contributed by atoms with E-state index in [0.29, 0.717) is 17.7 Å². The Morgan fingerprint density at radius 3 is 3.25 bits per heavy atom. The third-order valence-corrected chi connectivity index (χ3v) is 5.14. The molecule has 2 unspecified atom stereocenters. The second kappa shape index (κ2) is 7.66. The lowest BCUT2D eigenvalue weighted by Gasteiger charge is -2.36. The smallest absolute Gasteiger partial charge is 0.154 e. The summed E-state index contributed by atoms with van der Waals surface area (Å²) < 4.78 is 0. The van der Waals surface area contributed by atoms with Crippen molar-refractivity contribution in [3.8, 4) is 0 Å². The predicted octanol–water partition coefficient (Wildman–Crippen LogP) is 3.30. The molecule has 126 valence electrons. The Morgan fingerprint density at radius 1 is 1.54 bits per heavy atom. The highest BCUT2D eigenvalue weighted by atomic mass is 32.2. The van der Waals surface area contributed by atoms with E-state index in [0.717, 1.165) is 29.7 Å². The molecular weight excluding hydrogens is 320 g/mol. The predicted molar refractivity (Wildman–Crippen MR) is 100.0 cm³/mol. The van der Waals surface area contributed by atoms with Crippen LogP contribution in [0, 0.1) is 5.92 Å². The van der Waals surface area contributed by atoms with Gasteiger partial charge in [-0.1, -0.05) is 41.2 Å². The molecule has 2 aliphatic rings. The minimum absolute atomic E-state index is 0.129. The van der Waals surface area contributed by atoms with Crippen LogP contribution >= 0.6 is 11.8 Å². The minimum atomic E-state index is -0.129. The molecule has 0 aromatic carbocycles. The standard InChI is InChI=1S/C18H22N4OS/c1-18(7-9-24-17(19)22-18)16-6-2-4-14(10-16)12-21-23-13-15-5-3-8-20-11-15/h2-5,8,10-12,16H,6-7,9,13H2,1H3,(H2,19,22). The van der Waals surface area contributed by atoms with Crippen molar-refractivity contribution in [2.75, 3.05) is 5.75 Å². The summed E-state index contributed by atoms with van der Waals surface area (Å²) in [6.45, 7) is 2.61. The Balaban J connectivity index is 1.61. The van der Waals surface area contributed by atoms with Crippen LogP contribution in [0.2, 0.25) is 0 Å². The summed E-state index contributed by atoms with van der Waals surface area (Å²) in [6.07, 6.45) is 13.8. The summed E-state index contributed by atoms with van der Waals surface area (Å²) in [5.41, 5.74) is 7.84. The molecule has 24 heavy (non-hydrogen) atoms. The molecule has 0 spiro atoms. The summed E-state index contributed by atoms with van der Waals surface area (Å²) in [5.74, 6) is 1.36. The van der Waals surface area contributed by atoms with E-state index in [1.54, 1.807) is 30.4 Å². The zero-order valence-corrected chi connectivity index (χ0v) is 14.6. The molecule has 1 aromatic heterocycles. The zero-order valence-electron chi connectivity index (χ0n) is 13.8. The lowest BCUT2D eigenvalue weighted by atomic mass is 9.78. The molecule has 2 heterocycles. The van der Waals surface area contributed by atoms with Crippen LogP contribution in [0.15, 0.2) is 58.5 Å². The lowest BCUT2D eigenvalue weighted by Crippen LogP contribution is -2.38. The topological polar surface area (TPSA) is 72.9 Å². The van der Waals surface area contributed by atoms with Crippen LogP contribution in [-0.4, -0.2) is 27.7 Å². The molecule has 0 saturated heterocycles. The van der Waals surface area contributed by atoms with Crippen molar-refractivity contribution in [2.24, 2.45) is 21.8 Å². The highest BCUT2D eigenvalue weighted by molar-refractivity contribution is 8.13. The van der Waals surface area contributed by atoms with Gasteiger partial charge in [-0.3, -0.25) is 9.98 Å². The van der Waals surface area contributed by atoms with Gasteiger partial charge in [0.25, 0.3) is 0 Å². The number of pyridine rings is 1. The zero-order chi connectivity index (χ0) is 16.8. The maximum absolute atomic E-state index is 5.93. The molecule has 1 aromatic rings. The number of allylic oxidation sites excluding steroid dienone is 3. The van der Waals surface area contributed by atoms with Gasteiger partial charge in [-0.2, -0.15) is 0 Å². The van der Waals surface area contributed by atoms with Crippen LogP contribution in [0.4, 0.5) is 0 Å². The Hall–Kier alpha value is -2.08. The maximum Gasteiger partial charge on any atom is 0.154 e. The van der Waals surface area contributed by atoms with Crippen molar-refractivity contribution in [2.45, 2.75) is 31.9 Å². The average molecular weight is 342 g/mol. The number of aromatic nitrogens is 1. The maximum atomic E-state index is 5.93. The number of nitrogens with two attached hydrogens (primary N) is 1. The normalized spacial score (nSPS) is 27.0. The van der Waals surface area contributed by atoms with Crippen molar-refractivity contribution in [1.29, 1.82) is 0 Å². The number of rotatable bonds is 5. The van der Waals surface area contributed by atoms with E-state index in [9.17, 15) is 0 Å². The van der Waals surface area contributed by atoms with Gasteiger partial charge in [0.2, 0.25) is 0 Å². The van der Waals surface area contributed by atoms with E-state index in [1.165, 1.54) is 0 Å². The number of hydrogen-bond acceptors (Lipinski definition) is 6. The Kier molecular flexibility index (Phi) is 5.35. The average Bonchev–Trinajstić information content (AvgIpc) is 2.60. The monoisotopic (exact) mass is 342 g/mol. The van der Waals surface area contributed by atoms with Gasteiger partial charge in [0.1, 0.15) is 6.61 Å². The van der Waals surface area contributed by atoms with E-state index in [2.05, 4.69) is 35.3 Å². The second-order valence-electron chi connectivity index (χ2n) is 6.19. The van der Waals surface area contributed by atoms with E-state index < -0.39 is 0 Å². The molecule has 3 rings (SSSR count). The fourth-order valence-electron chi connectivity index (χ4n) is 2.89. The number of amidine groups is 1. The summed E-state index contributed by atoms with van der Waals surface area (Å²) in [4.78, 5) is 14.1. The number of oxime groups is 1. The molecule has 1 aliphatic heterocycles. The number of nitrogens with zero attached hydrogens (tertiary/aromatic N) is 3. The van der Waals surface area contributed by atoms with Crippen LogP contribution in [0.25, 0.3) is 0 Å². The summed E-state index contributed by atoms with van der Waals surface area (Å²) in [6, 6.07) is 3.84. The second-order valence-corrected chi connectivity index (χ2v) is 7.30. The first-order chi connectivity index (χ1) is 11.7. The van der Waals surface area contributed by atoms with Crippen LogP contribution in [0.5, 0.6) is 0 Å². The minimum Gasteiger partial charge on any atom is -0.391 e. The summed E-state index contributed by atoms with van der Waals surface area (Å²) in [5, 5.41) is 4.77. The molecule has 0 bridgehead atoms. The third-order valence-electron chi connectivity index (χ3n) is 4.35. The molecule has 2 N–H and O–H groups in total. The van der Waals surface area contributed by atoms with E-state index >= 15 is 0 Å². The van der Waals surface area contributed by atoms with E-state index in [-0.39, 0.29) is 5.54 Å². The van der Waals surface area contributed by atoms with Crippen molar-refractivity contribution < 1.29 is 4.84 Å². The number of aliphatic imine (C=N–C) groups is 1. The molecule has 0 amide bonds. The van der Waals surface area contributed by atoms with Gasteiger partial charge in [-0.15, -0.1) is 0 Å². The largest absolute Gasteiger partial charge is 0.391 e. The molecule has 2 atom stereocenters. The van der Waals surface area contributed by atoms with Crippen molar-refractivity contribution in [1.82, 2.24) is 4.98 Å². The van der Waals surface area contributed by atoms with Gasteiger partial charge in [-0.05, 0) is 31.4 Å². The Morgan fingerprint density at radius 2 is 2.46 bits per heavy atom. The fourth-order valence-corrected chi connectivity index (χ4v) is 3.89. The number of hydrogen-bond donors (Lipinski definition) is 1. The fraction of sp³-hybridized carbons (Fsp3) is 0.389. The van der Waals surface area contributed by atoms with Crippen molar-refractivity contribution in [3.05, 3.63) is 53.9 Å². The van der Waals surface area contributed by atoms with Crippen LogP contribution in [0.3, 0.4) is 0 Å². The first-order valence-corrected chi connectivity index (χ1v) is 9.05. The SMILES string of the molecule is CC1(C2C=C(C=NOCc3cccnc3)C=CC2)CCSC(N)=N1. The van der Waals surface area contributed by atoms with Gasteiger partial charge >= 0.3 is 0 Å². The number of thioether (sulfide) groups is 1. The third kappa shape index (κ3) is 4.26. The molecule has 6 heteroatoms. The first kappa shape index (κ1) is 16.8. The van der Waals surface area contributed by atoms with Gasteiger partial charge in [0.15, 0.2) is 5.17 Å². The van der Waals surface area contributed by atoms with Gasteiger partial charge in [-0.25, -0.2) is 0 Å². The first-order valence-electron chi connectivity index (χ1n) is 8.06. The van der Waals surface area contributed by atoms with E-state index in [4.69, 9.17) is 15.6 Å². The quantitative estimate of drug-likeness (QED) is 0.658. The van der Waals surface area contributed by atoms with Crippen LogP contribution in [0.1, 0.15) is 25.3 Å². The highest BCUT2D eigenvalue weighted by Crippen LogP contribution is 2.37. The van der Waals surface area contributed by atoms with Crippen LogP contribution in [-0.2, 0) is 11.4 Å². The summed E-state index contributed by atoms with van der Waals surface area (Å²) in [7, 11) is 0. The molecule has 5 nitrogen and oxygen atoms in total. The lowest BCUT2D eigenvalue weighted by molar-refractivity contribution is 0.132.